The molecule has 0 heterocycles. The molecule has 35 heavy (non-hydrogen) atoms. The Hall–Kier alpha value is -4.29. The number of hydrogen-bond donors (Lipinski definition) is 2. The van der Waals surface area contributed by atoms with Gasteiger partial charge in [-0.2, -0.15) is 5.10 Å². The van der Waals surface area contributed by atoms with Crippen molar-refractivity contribution in [3.05, 3.63) is 124 Å². The SMILES string of the molecule is O=C(O)c1cc(NN=Cc2ccc(OCc3ccccc3)c(OCc3ccccc3)c2)ccc1Cl. The first-order chi connectivity index (χ1) is 17.1. The van der Waals surface area contributed by atoms with E-state index in [4.69, 9.17) is 21.1 Å². The van der Waals surface area contributed by atoms with Gasteiger partial charge < -0.3 is 14.6 Å². The topological polar surface area (TPSA) is 80.2 Å². The number of aromatic carboxylic acids is 1. The van der Waals surface area contributed by atoms with Gasteiger partial charge in [0.25, 0.3) is 0 Å². The van der Waals surface area contributed by atoms with Crippen molar-refractivity contribution in [2.24, 2.45) is 5.10 Å². The Morgan fingerprint density at radius 2 is 1.46 bits per heavy atom. The predicted octanol–water partition coefficient (Wildman–Crippen LogP) is 6.64. The van der Waals surface area contributed by atoms with Gasteiger partial charge in [-0.1, -0.05) is 72.3 Å². The van der Waals surface area contributed by atoms with Gasteiger partial charge in [0, 0.05) is 0 Å². The monoisotopic (exact) mass is 486 g/mol. The van der Waals surface area contributed by atoms with Gasteiger partial charge >= 0.3 is 5.97 Å². The molecule has 0 atom stereocenters. The van der Waals surface area contributed by atoms with Crippen LogP contribution in [0, 0.1) is 0 Å². The van der Waals surface area contributed by atoms with E-state index in [-0.39, 0.29) is 10.6 Å². The molecule has 4 aromatic rings. The molecule has 0 amide bonds. The quantitative estimate of drug-likeness (QED) is 0.194. The molecule has 2 N–H and O–H groups in total. The number of anilines is 1. The van der Waals surface area contributed by atoms with Crippen molar-refractivity contribution in [1.82, 2.24) is 0 Å². The van der Waals surface area contributed by atoms with Crippen LogP contribution in [0.25, 0.3) is 0 Å². The van der Waals surface area contributed by atoms with Gasteiger partial charge in [0.2, 0.25) is 0 Å². The highest BCUT2D eigenvalue weighted by atomic mass is 35.5. The lowest BCUT2D eigenvalue weighted by Gasteiger charge is -2.14. The molecule has 6 nitrogen and oxygen atoms in total. The zero-order valence-electron chi connectivity index (χ0n) is 18.7. The number of ether oxygens (including phenoxy) is 2. The molecule has 4 aromatic carbocycles. The Balaban J connectivity index is 1.49. The number of halogens is 1. The van der Waals surface area contributed by atoms with Crippen molar-refractivity contribution >= 4 is 29.5 Å². The number of carboxylic acids is 1. The minimum atomic E-state index is -1.10. The van der Waals surface area contributed by atoms with Crippen LogP contribution in [0.3, 0.4) is 0 Å². The molecule has 0 saturated carbocycles. The smallest absolute Gasteiger partial charge is 0.337 e. The number of benzene rings is 4. The lowest BCUT2D eigenvalue weighted by molar-refractivity contribution is 0.0697. The van der Waals surface area contributed by atoms with E-state index in [0.717, 1.165) is 16.7 Å². The molecule has 0 aliphatic rings. The molecular weight excluding hydrogens is 464 g/mol. The first kappa shape index (κ1) is 23.9. The zero-order chi connectivity index (χ0) is 24.5. The second-order valence-corrected chi connectivity index (χ2v) is 8.03. The molecule has 0 aromatic heterocycles. The molecule has 0 spiro atoms. The van der Waals surface area contributed by atoms with Crippen LogP contribution in [-0.4, -0.2) is 17.3 Å². The summed E-state index contributed by atoms with van der Waals surface area (Å²) in [5.74, 6) is 0.112. The van der Waals surface area contributed by atoms with Crippen molar-refractivity contribution in [2.75, 3.05) is 5.43 Å². The second-order valence-electron chi connectivity index (χ2n) is 7.62. The van der Waals surface area contributed by atoms with Crippen LogP contribution in [0.2, 0.25) is 5.02 Å². The van der Waals surface area contributed by atoms with Gasteiger partial charge in [-0.05, 0) is 53.1 Å². The zero-order valence-corrected chi connectivity index (χ0v) is 19.5. The van der Waals surface area contributed by atoms with Crippen LogP contribution in [0.5, 0.6) is 11.5 Å². The van der Waals surface area contributed by atoms with Crippen molar-refractivity contribution < 1.29 is 19.4 Å². The van der Waals surface area contributed by atoms with E-state index in [1.165, 1.54) is 12.1 Å². The van der Waals surface area contributed by atoms with Gasteiger partial charge in [-0.3, -0.25) is 5.43 Å². The van der Waals surface area contributed by atoms with Crippen molar-refractivity contribution in [2.45, 2.75) is 13.2 Å². The largest absolute Gasteiger partial charge is 0.485 e. The summed E-state index contributed by atoms with van der Waals surface area (Å²) in [6.07, 6.45) is 1.62. The number of rotatable bonds is 10. The molecular formula is C28H23ClN2O4. The summed E-state index contributed by atoms with van der Waals surface area (Å²) >= 11 is 5.92. The summed E-state index contributed by atoms with van der Waals surface area (Å²) in [4.78, 5) is 11.3. The molecule has 176 valence electrons. The van der Waals surface area contributed by atoms with Gasteiger partial charge in [0.05, 0.1) is 22.5 Å². The maximum absolute atomic E-state index is 11.3. The number of nitrogens with zero attached hydrogens (tertiary/aromatic N) is 1. The molecule has 0 unspecified atom stereocenters. The molecule has 0 fully saturated rings. The summed E-state index contributed by atoms with van der Waals surface area (Å²) in [6.45, 7) is 0.810. The summed E-state index contributed by atoms with van der Waals surface area (Å²) in [5.41, 5.74) is 6.21. The summed E-state index contributed by atoms with van der Waals surface area (Å²) in [6, 6.07) is 29.9. The summed E-state index contributed by atoms with van der Waals surface area (Å²) in [5, 5.41) is 13.6. The maximum atomic E-state index is 11.3. The molecule has 0 aliphatic carbocycles. The fraction of sp³-hybridized carbons (Fsp3) is 0.0714. The number of nitrogens with one attached hydrogen (secondary N) is 1. The third kappa shape index (κ3) is 6.85. The van der Waals surface area contributed by atoms with Gasteiger partial charge in [0.1, 0.15) is 13.2 Å². The highest BCUT2D eigenvalue weighted by molar-refractivity contribution is 6.33. The van der Waals surface area contributed by atoms with E-state index in [1.54, 1.807) is 12.3 Å². The van der Waals surface area contributed by atoms with E-state index in [2.05, 4.69) is 10.5 Å². The number of carbonyl (C=O) groups is 1. The number of carboxylic acid groups (broad SMARTS) is 1. The van der Waals surface area contributed by atoms with Crippen LogP contribution in [-0.2, 0) is 13.2 Å². The molecule has 7 heteroatoms. The highest BCUT2D eigenvalue weighted by Gasteiger charge is 2.10. The van der Waals surface area contributed by atoms with Crippen molar-refractivity contribution in [3.63, 3.8) is 0 Å². The Kier molecular flexibility index (Phi) is 7.99. The molecule has 0 bridgehead atoms. The Morgan fingerprint density at radius 1 is 0.829 bits per heavy atom. The Bertz CT molecular complexity index is 1310. The van der Waals surface area contributed by atoms with Crippen molar-refractivity contribution in [3.8, 4) is 11.5 Å². The first-order valence-corrected chi connectivity index (χ1v) is 11.3. The third-order valence-electron chi connectivity index (χ3n) is 5.05. The summed E-state index contributed by atoms with van der Waals surface area (Å²) < 4.78 is 12.1. The van der Waals surface area contributed by atoms with E-state index >= 15 is 0 Å². The predicted molar refractivity (Wildman–Crippen MR) is 138 cm³/mol. The average Bonchev–Trinajstić information content (AvgIpc) is 2.89. The molecule has 0 aliphatic heterocycles. The second kappa shape index (κ2) is 11.7. The van der Waals surface area contributed by atoms with Gasteiger partial charge in [0.15, 0.2) is 11.5 Å². The van der Waals surface area contributed by atoms with Crippen LogP contribution in [0.1, 0.15) is 27.0 Å². The fourth-order valence-corrected chi connectivity index (χ4v) is 3.45. The Labute approximate surface area is 208 Å². The molecule has 0 saturated heterocycles. The number of hydrazone groups is 1. The van der Waals surface area contributed by atoms with Crippen LogP contribution >= 0.6 is 11.6 Å². The lowest BCUT2D eigenvalue weighted by atomic mass is 10.2. The standard InChI is InChI=1S/C28H23ClN2O4/c29-25-13-12-23(16-24(25)28(32)33)31-30-17-22-11-14-26(34-18-20-7-3-1-4-8-20)27(15-22)35-19-21-9-5-2-6-10-21/h1-17,31H,18-19H2,(H,32,33). The minimum absolute atomic E-state index is 0.00313. The fourth-order valence-electron chi connectivity index (χ4n) is 3.25. The van der Waals surface area contributed by atoms with Crippen LogP contribution in [0.15, 0.2) is 102 Å². The van der Waals surface area contributed by atoms with Crippen LogP contribution in [0.4, 0.5) is 5.69 Å². The molecule has 4 rings (SSSR count). The minimum Gasteiger partial charge on any atom is -0.485 e. The Morgan fingerprint density at radius 3 is 2.09 bits per heavy atom. The third-order valence-corrected chi connectivity index (χ3v) is 5.38. The first-order valence-electron chi connectivity index (χ1n) is 10.9. The average molecular weight is 487 g/mol. The van der Waals surface area contributed by atoms with Crippen LogP contribution < -0.4 is 14.9 Å². The maximum Gasteiger partial charge on any atom is 0.337 e. The van der Waals surface area contributed by atoms with E-state index in [9.17, 15) is 9.90 Å². The van der Waals surface area contributed by atoms with Gasteiger partial charge in [-0.25, -0.2) is 4.79 Å². The molecule has 0 radical (unpaired) electrons. The van der Waals surface area contributed by atoms with Crippen molar-refractivity contribution in [1.29, 1.82) is 0 Å². The van der Waals surface area contributed by atoms with Gasteiger partial charge in [-0.15, -0.1) is 0 Å². The van der Waals surface area contributed by atoms with E-state index < -0.39 is 5.97 Å². The van der Waals surface area contributed by atoms with E-state index in [1.807, 2.05) is 78.9 Å². The highest BCUT2D eigenvalue weighted by Crippen LogP contribution is 2.30. The lowest BCUT2D eigenvalue weighted by Crippen LogP contribution is -2.02. The number of hydrogen-bond acceptors (Lipinski definition) is 5. The summed E-state index contributed by atoms with van der Waals surface area (Å²) in [7, 11) is 0. The van der Waals surface area contributed by atoms with E-state index in [0.29, 0.717) is 30.4 Å². The normalized spacial score (nSPS) is 10.8.